The molecule has 1 heterocycles. The van der Waals surface area contributed by atoms with Crippen molar-refractivity contribution in [2.45, 2.75) is 32.5 Å². The summed E-state index contributed by atoms with van der Waals surface area (Å²) in [5.74, 6) is 0.0184. The lowest BCUT2D eigenvalue weighted by Crippen LogP contribution is -2.23. The SMILES string of the molecule is CC(C)(C)Oc1ccccc1Nc1nc(Nc2ccc(Cl)cc2)ncc1C(F)(F)F. The number of alkyl halides is 3. The first-order valence-electron chi connectivity index (χ1n) is 9.03. The molecule has 0 atom stereocenters. The van der Waals surface area contributed by atoms with Gasteiger partial charge in [0, 0.05) is 16.9 Å². The Morgan fingerprint density at radius 2 is 1.60 bits per heavy atom. The molecule has 9 heteroatoms. The van der Waals surface area contributed by atoms with E-state index in [0.29, 0.717) is 22.1 Å². The van der Waals surface area contributed by atoms with Gasteiger partial charge in [0.05, 0.1) is 5.69 Å². The predicted molar refractivity (Wildman–Crippen MR) is 112 cm³/mol. The molecule has 158 valence electrons. The van der Waals surface area contributed by atoms with E-state index in [2.05, 4.69) is 20.6 Å². The van der Waals surface area contributed by atoms with Gasteiger partial charge in [-0.1, -0.05) is 23.7 Å². The van der Waals surface area contributed by atoms with Gasteiger partial charge >= 0.3 is 6.18 Å². The summed E-state index contributed by atoms with van der Waals surface area (Å²) in [6, 6.07) is 13.4. The highest BCUT2D eigenvalue weighted by molar-refractivity contribution is 6.30. The van der Waals surface area contributed by atoms with Crippen LogP contribution in [-0.2, 0) is 6.18 Å². The number of aromatic nitrogens is 2. The maximum atomic E-state index is 13.5. The highest BCUT2D eigenvalue weighted by Crippen LogP contribution is 2.37. The van der Waals surface area contributed by atoms with Gasteiger partial charge in [-0.05, 0) is 57.2 Å². The molecule has 1 aromatic heterocycles. The summed E-state index contributed by atoms with van der Waals surface area (Å²) in [6.45, 7) is 5.55. The topological polar surface area (TPSA) is 59.1 Å². The second-order valence-corrected chi connectivity index (χ2v) is 7.86. The highest BCUT2D eigenvalue weighted by Gasteiger charge is 2.35. The fourth-order valence-corrected chi connectivity index (χ4v) is 2.65. The van der Waals surface area contributed by atoms with E-state index in [1.807, 2.05) is 20.8 Å². The minimum absolute atomic E-state index is 0.00189. The van der Waals surface area contributed by atoms with Crippen LogP contribution in [-0.4, -0.2) is 15.6 Å². The van der Waals surface area contributed by atoms with Crippen molar-refractivity contribution in [2.75, 3.05) is 10.6 Å². The molecule has 2 N–H and O–H groups in total. The number of nitrogens with one attached hydrogen (secondary N) is 2. The molecular formula is C21H20ClF3N4O. The fraction of sp³-hybridized carbons (Fsp3) is 0.238. The van der Waals surface area contributed by atoms with Crippen LogP contribution >= 0.6 is 11.6 Å². The number of hydrogen-bond acceptors (Lipinski definition) is 5. The second kappa shape index (κ2) is 8.39. The highest BCUT2D eigenvalue weighted by atomic mass is 35.5. The standard InChI is InChI=1S/C21H20ClF3N4O/c1-20(2,3)30-17-7-5-4-6-16(17)28-18-15(21(23,24)25)12-26-19(29-18)27-14-10-8-13(22)9-11-14/h4-12H,1-3H3,(H2,26,27,28,29). The number of hydrogen-bond donors (Lipinski definition) is 2. The number of anilines is 4. The van der Waals surface area contributed by atoms with Crippen molar-refractivity contribution < 1.29 is 17.9 Å². The third-order valence-electron chi connectivity index (χ3n) is 3.75. The van der Waals surface area contributed by atoms with Gasteiger partial charge in [-0.25, -0.2) is 4.98 Å². The van der Waals surface area contributed by atoms with E-state index in [1.165, 1.54) is 0 Å². The smallest absolute Gasteiger partial charge is 0.421 e. The Bertz CT molecular complexity index is 1020. The van der Waals surface area contributed by atoms with E-state index in [0.717, 1.165) is 6.20 Å². The van der Waals surface area contributed by atoms with Crippen LogP contribution in [0.1, 0.15) is 26.3 Å². The van der Waals surface area contributed by atoms with Crippen molar-refractivity contribution in [3.63, 3.8) is 0 Å². The number of halogens is 4. The Labute approximate surface area is 177 Å². The normalized spacial score (nSPS) is 11.8. The van der Waals surface area contributed by atoms with Gasteiger partial charge in [0.2, 0.25) is 5.95 Å². The van der Waals surface area contributed by atoms with Crippen LogP contribution in [0.15, 0.2) is 54.7 Å². The van der Waals surface area contributed by atoms with Gasteiger partial charge in [-0.2, -0.15) is 18.2 Å². The first-order chi connectivity index (χ1) is 14.0. The number of nitrogens with zero attached hydrogens (tertiary/aromatic N) is 2. The van der Waals surface area contributed by atoms with Crippen molar-refractivity contribution in [3.8, 4) is 5.75 Å². The summed E-state index contributed by atoms with van der Waals surface area (Å²) in [7, 11) is 0. The molecule has 0 saturated carbocycles. The quantitative estimate of drug-likeness (QED) is 0.460. The molecule has 0 bridgehead atoms. The molecule has 0 spiro atoms. The summed E-state index contributed by atoms with van der Waals surface area (Å²) >= 11 is 5.86. The number of para-hydroxylation sites is 2. The van der Waals surface area contributed by atoms with Gasteiger partial charge in [-0.3, -0.25) is 0 Å². The van der Waals surface area contributed by atoms with E-state index < -0.39 is 17.3 Å². The van der Waals surface area contributed by atoms with Crippen LogP contribution in [0.4, 0.5) is 36.3 Å². The van der Waals surface area contributed by atoms with Crippen molar-refractivity contribution in [2.24, 2.45) is 0 Å². The van der Waals surface area contributed by atoms with Crippen LogP contribution < -0.4 is 15.4 Å². The van der Waals surface area contributed by atoms with E-state index in [9.17, 15) is 13.2 Å². The summed E-state index contributed by atoms with van der Waals surface area (Å²) in [5.41, 5.74) is -0.581. The monoisotopic (exact) mass is 436 g/mol. The average molecular weight is 437 g/mol. The lowest BCUT2D eigenvalue weighted by Gasteiger charge is -2.24. The van der Waals surface area contributed by atoms with E-state index >= 15 is 0 Å². The Morgan fingerprint density at radius 1 is 0.933 bits per heavy atom. The Kier molecular flexibility index (Phi) is 6.07. The molecule has 0 radical (unpaired) electrons. The van der Waals surface area contributed by atoms with Crippen LogP contribution in [0.3, 0.4) is 0 Å². The summed E-state index contributed by atoms with van der Waals surface area (Å²) in [5, 5.41) is 6.15. The molecule has 0 aliphatic carbocycles. The molecule has 0 aliphatic rings. The van der Waals surface area contributed by atoms with Gasteiger partial charge in [0.1, 0.15) is 22.7 Å². The predicted octanol–water partition coefficient (Wildman–Crippen LogP) is 6.81. The van der Waals surface area contributed by atoms with Crippen molar-refractivity contribution in [1.29, 1.82) is 0 Å². The third-order valence-corrected chi connectivity index (χ3v) is 4.00. The first kappa shape index (κ1) is 21.7. The maximum Gasteiger partial charge on any atom is 0.421 e. The molecule has 0 fully saturated rings. The second-order valence-electron chi connectivity index (χ2n) is 7.42. The molecule has 2 aromatic carbocycles. The van der Waals surface area contributed by atoms with Crippen molar-refractivity contribution in [1.82, 2.24) is 9.97 Å². The largest absolute Gasteiger partial charge is 0.486 e. The van der Waals surface area contributed by atoms with E-state index in [4.69, 9.17) is 16.3 Å². The van der Waals surface area contributed by atoms with Crippen LogP contribution in [0.2, 0.25) is 5.02 Å². The van der Waals surface area contributed by atoms with Gasteiger partial charge in [0.25, 0.3) is 0 Å². The van der Waals surface area contributed by atoms with Gasteiger partial charge < -0.3 is 15.4 Å². The molecular weight excluding hydrogens is 417 g/mol. The number of ether oxygens (including phenoxy) is 1. The molecule has 0 unspecified atom stereocenters. The molecule has 3 aromatic rings. The Hall–Kier alpha value is -3.00. The van der Waals surface area contributed by atoms with Crippen LogP contribution in [0.25, 0.3) is 0 Å². The van der Waals surface area contributed by atoms with E-state index in [-0.39, 0.29) is 11.8 Å². The van der Waals surface area contributed by atoms with E-state index in [1.54, 1.807) is 48.5 Å². The molecule has 0 amide bonds. The summed E-state index contributed by atoms with van der Waals surface area (Å²) in [6.07, 6.45) is -3.90. The number of benzene rings is 2. The minimum atomic E-state index is -4.64. The third kappa shape index (κ3) is 5.76. The molecule has 0 saturated heterocycles. The Balaban J connectivity index is 1.97. The van der Waals surface area contributed by atoms with Crippen LogP contribution in [0, 0.1) is 0 Å². The molecule has 30 heavy (non-hydrogen) atoms. The fourth-order valence-electron chi connectivity index (χ4n) is 2.52. The summed E-state index contributed by atoms with van der Waals surface area (Å²) < 4.78 is 46.5. The lowest BCUT2D eigenvalue weighted by atomic mass is 10.2. The Morgan fingerprint density at radius 3 is 2.23 bits per heavy atom. The minimum Gasteiger partial charge on any atom is -0.486 e. The van der Waals surface area contributed by atoms with Crippen molar-refractivity contribution >= 4 is 34.7 Å². The average Bonchev–Trinajstić information content (AvgIpc) is 2.63. The van der Waals surface area contributed by atoms with Gasteiger partial charge in [0.15, 0.2) is 0 Å². The number of rotatable bonds is 5. The lowest BCUT2D eigenvalue weighted by molar-refractivity contribution is -0.137. The maximum absolute atomic E-state index is 13.5. The zero-order chi connectivity index (χ0) is 21.9. The first-order valence-corrected chi connectivity index (χ1v) is 9.41. The van der Waals surface area contributed by atoms with Crippen LogP contribution in [0.5, 0.6) is 5.75 Å². The molecule has 0 aliphatic heterocycles. The van der Waals surface area contributed by atoms with Crippen molar-refractivity contribution in [3.05, 3.63) is 65.3 Å². The summed E-state index contributed by atoms with van der Waals surface area (Å²) in [4.78, 5) is 7.85. The zero-order valence-electron chi connectivity index (χ0n) is 16.5. The molecule has 3 rings (SSSR count). The zero-order valence-corrected chi connectivity index (χ0v) is 17.3. The van der Waals surface area contributed by atoms with Gasteiger partial charge in [-0.15, -0.1) is 0 Å². The molecule has 5 nitrogen and oxygen atoms in total.